The van der Waals surface area contributed by atoms with Crippen LogP contribution in [-0.2, 0) is 4.74 Å². The van der Waals surface area contributed by atoms with Crippen LogP contribution in [0.2, 0.25) is 5.15 Å². The SMILES string of the molecule is Cc1cc(C(C)Nc2ccc(Cl)nc2C(=O)O)c2oc(-c3cnn(C4COC4)c3)c(C)c(=O)c2c1. The van der Waals surface area contributed by atoms with Crippen LogP contribution in [0.3, 0.4) is 0 Å². The lowest BCUT2D eigenvalue weighted by Crippen LogP contribution is -2.30. The molecule has 9 nitrogen and oxygen atoms in total. The fourth-order valence-corrected chi connectivity index (χ4v) is 4.37. The molecule has 180 valence electrons. The summed E-state index contributed by atoms with van der Waals surface area (Å²) < 4.78 is 13.4. The van der Waals surface area contributed by atoms with E-state index in [1.807, 2.05) is 30.8 Å². The summed E-state index contributed by atoms with van der Waals surface area (Å²) >= 11 is 5.89. The van der Waals surface area contributed by atoms with Gasteiger partial charge in [-0.25, -0.2) is 9.78 Å². The van der Waals surface area contributed by atoms with E-state index >= 15 is 0 Å². The second kappa shape index (κ2) is 8.83. The predicted molar refractivity (Wildman–Crippen MR) is 131 cm³/mol. The normalized spacial score (nSPS) is 14.6. The van der Waals surface area contributed by atoms with Crippen LogP contribution in [0.1, 0.15) is 46.2 Å². The number of hydrogen-bond acceptors (Lipinski definition) is 7. The number of benzene rings is 1. The van der Waals surface area contributed by atoms with Crippen LogP contribution < -0.4 is 10.7 Å². The summed E-state index contributed by atoms with van der Waals surface area (Å²) in [5.74, 6) is -0.750. The zero-order chi connectivity index (χ0) is 24.9. The number of aromatic carboxylic acids is 1. The van der Waals surface area contributed by atoms with Gasteiger partial charge in [-0.15, -0.1) is 0 Å². The smallest absolute Gasteiger partial charge is 0.356 e. The Balaban J connectivity index is 1.61. The molecule has 4 aromatic rings. The molecule has 1 aromatic carbocycles. The first-order valence-corrected chi connectivity index (χ1v) is 11.5. The maximum Gasteiger partial charge on any atom is 0.356 e. The number of carboxylic acid groups (broad SMARTS) is 1. The number of nitrogens with zero attached hydrogens (tertiary/aromatic N) is 3. The van der Waals surface area contributed by atoms with Crippen molar-refractivity contribution in [1.82, 2.24) is 14.8 Å². The minimum Gasteiger partial charge on any atom is -0.476 e. The molecule has 2 N–H and O–H groups in total. The van der Waals surface area contributed by atoms with Crippen molar-refractivity contribution in [3.63, 3.8) is 0 Å². The molecule has 0 saturated carbocycles. The summed E-state index contributed by atoms with van der Waals surface area (Å²) in [6.07, 6.45) is 3.54. The third-order valence-electron chi connectivity index (χ3n) is 6.15. The van der Waals surface area contributed by atoms with Gasteiger partial charge in [0.25, 0.3) is 0 Å². The van der Waals surface area contributed by atoms with E-state index in [1.165, 1.54) is 6.07 Å². The second-order valence-electron chi connectivity index (χ2n) is 8.72. The van der Waals surface area contributed by atoms with Crippen LogP contribution >= 0.6 is 11.6 Å². The van der Waals surface area contributed by atoms with Gasteiger partial charge in [0.15, 0.2) is 11.1 Å². The number of halogens is 1. The fraction of sp³-hybridized carbons (Fsp3) is 0.280. The van der Waals surface area contributed by atoms with Gasteiger partial charge >= 0.3 is 5.97 Å². The zero-order valence-corrected chi connectivity index (χ0v) is 20.1. The van der Waals surface area contributed by atoms with Gasteiger partial charge in [0.1, 0.15) is 16.5 Å². The molecule has 1 aliphatic rings. The molecule has 10 heteroatoms. The third kappa shape index (κ3) is 4.17. The van der Waals surface area contributed by atoms with Gasteiger partial charge in [-0.3, -0.25) is 9.48 Å². The van der Waals surface area contributed by atoms with Gasteiger partial charge in [-0.05, 0) is 44.5 Å². The molecule has 5 rings (SSSR count). The number of aromatic nitrogens is 3. The van der Waals surface area contributed by atoms with E-state index < -0.39 is 12.0 Å². The summed E-state index contributed by atoms with van der Waals surface area (Å²) in [4.78, 5) is 29.0. The number of carbonyl (C=O) groups is 1. The van der Waals surface area contributed by atoms with Crippen molar-refractivity contribution in [2.45, 2.75) is 32.9 Å². The lowest BCUT2D eigenvalue weighted by Gasteiger charge is -2.25. The maximum absolute atomic E-state index is 13.4. The number of pyridine rings is 1. The number of aryl methyl sites for hydroxylation is 1. The molecular formula is C25H23ClN4O5. The first-order valence-electron chi connectivity index (χ1n) is 11.1. The topological polar surface area (TPSA) is 119 Å². The Kier molecular flexibility index (Phi) is 5.82. The molecule has 1 fully saturated rings. The molecule has 0 aliphatic carbocycles. The van der Waals surface area contributed by atoms with Gasteiger partial charge in [-0.1, -0.05) is 17.7 Å². The largest absolute Gasteiger partial charge is 0.476 e. The molecule has 0 amide bonds. The van der Waals surface area contributed by atoms with E-state index in [2.05, 4.69) is 15.4 Å². The molecule has 1 aliphatic heterocycles. The summed E-state index contributed by atoms with van der Waals surface area (Å²) in [6, 6.07) is 6.57. The Morgan fingerprint density at radius 2 is 2.06 bits per heavy atom. The molecule has 1 unspecified atom stereocenters. The van der Waals surface area contributed by atoms with Crippen LogP contribution in [-0.4, -0.2) is 39.1 Å². The number of ether oxygens (including phenoxy) is 1. The van der Waals surface area contributed by atoms with Crippen molar-refractivity contribution in [2.24, 2.45) is 0 Å². The fourth-order valence-electron chi connectivity index (χ4n) is 4.22. The van der Waals surface area contributed by atoms with E-state index in [-0.39, 0.29) is 22.3 Å². The van der Waals surface area contributed by atoms with E-state index in [0.717, 1.165) is 5.56 Å². The quantitative estimate of drug-likeness (QED) is 0.368. The molecule has 3 aromatic heterocycles. The van der Waals surface area contributed by atoms with Crippen molar-refractivity contribution in [3.05, 3.63) is 74.4 Å². The summed E-state index contributed by atoms with van der Waals surface area (Å²) in [7, 11) is 0. The average molecular weight is 495 g/mol. The van der Waals surface area contributed by atoms with Crippen molar-refractivity contribution >= 4 is 34.2 Å². The predicted octanol–water partition coefficient (Wildman–Crippen LogP) is 4.76. The number of hydrogen-bond donors (Lipinski definition) is 2. The molecular weight excluding hydrogens is 472 g/mol. The third-order valence-corrected chi connectivity index (χ3v) is 6.36. The van der Waals surface area contributed by atoms with Crippen LogP contribution in [0.25, 0.3) is 22.3 Å². The standard InChI is InChI=1S/C25H23ClN4O5/c1-12-6-17(14(3)28-19-4-5-20(26)29-21(19)25(32)33)24-18(7-12)22(31)13(2)23(35-24)15-8-27-30(9-15)16-10-34-11-16/h4-9,14,16,28H,10-11H2,1-3H3,(H,32,33). The molecule has 0 radical (unpaired) electrons. The molecule has 0 bridgehead atoms. The highest BCUT2D eigenvalue weighted by molar-refractivity contribution is 6.29. The molecule has 0 spiro atoms. The van der Waals surface area contributed by atoms with Gasteiger partial charge in [0.05, 0.1) is 48.1 Å². The first-order chi connectivity index (χ1) is 16.7. The van der Waals surface area contributed by atoms with Crippen molar-refractivity contribution in [2.75, 3.05) is 18.5 Å². The second-order valence-corrected chi connectivity index (χ2v) is 9.11. The Morgan fingerprint density at radius 1 is 1.29 bits per heavy atom. The Labute approximate surface area is 205 Å². The number of fused-ring (bicyclic) bond motifs is 1. The van der Waals surface area contributed by atoms with E-state index in [0.29, 0.717) is 52.3 Å². The number of nitrogens with one attached hydrogen (secondary N) is 1. The minimum atomic E-state index is -1.20. The molecule has 35 heavy (non-hydrogen) atoms. The molecule has 4 heterocycles. The molecule has 1 saturated heterocycles. The Bertz CT molecular complexity index is 1520. The summed E-state index contributed by atoms with van der Waals surface area (Å²) in [5, 5.41) is 17.7. The van der Waals surface area contributed by atoms with Crippen molar-refractivity contribution in [1.29, 1.82) is 0 Å². The van der Waals surface area contributed by atoms with Crippen LogP contribution in [0, 0.1) is 13.8 Å². The van der Waals surface area contributed by atoms with Crippen LogP contribution in [0.15, 0.2) is 45.9 Å². The van der Waals surface area contributed by atoms with E-state index in [9.17, 15) is 14.7 Å². The van der Waals surface area contributed by atoms with Gasteiger partial charge < -0.3 is 19.6 Å². The Hall–Kier alpha value is -3.69. The lowest BCUT2D eigenvalue weighted by atomic mass is 9.99. The summed E-state index contributed by atoms with van der Waals surface area (Å²) in [6.45, 7) is 6.71. The van der Waals surface area contributed by atoms with E-state index in [4.69, 9.17) is 20.8 Å². The van der Waals surface area contributed by atoms with Gasteiger partial charge in [-0.2, -0.15) is 5.10 Å². The highest BCUT2D eigenvalue weighted by Crippen LogP contribution is 2.33. The Morgan fingerprint density at radius 3 is 2.74 bits per heavy atom. The number of rotatable bonds is 6. The minimum absolute atomic E-state index is 0.0849. The maximum atomic E-state index is 13.4. The zero-order valence-electron chi connectivity index (χ0n) is 19.3. The van der Waals surface area contributed by atoms with E-state index in [1.54, 1.807) is 25.3 Å². The first kappa shape index (κ1) is 23.1. The number of anilines is 1. The van der Waals surface area contributed by atoms with Crippen LogP contribution in [0.4, 0.5) is 5.69 Å². The monoisotopic (exact) mass is 494 g/mol. The van der Waals surface area contributed by atoms with Crippen LogP contribution in [0.5, 0.6) is 0 Å². The van der Waals surface area contributed by atoms with Gasteiger partial charge in [0, 0.05) is 17.3 Å². The van der Waals surface area contributed by atoms with Gasteiger partial charge in [0.2, 0.25) is 0 Å². The highest BCUT2D eigenvalue weighted by Gasteiger charge is 2.24. The average Bonchev–Trinajstić information content (AvgIpc) is 3.25. The van der Waals surface area contributed by atoms with Crippen molar-refractivity contribution in [3.8, 4) is 11.3 Å². The lowest BCUT2D eigenvalue weighted by molar-refractivity contribution is -0.0286. The van der Waals surface area contributed by atoms with Crippen molar-refractivity contribution < 1.29 is 19.1 Å². The summed E-state index contributed by atoms with van der Waals surface area (Å²) in [5.41, 5.74) is 3.21. The number of carboxylic acids is 1. The molecule has 1 atom stereocenters. The highest BCUT2D eigenvalue weighted by atomic mass is 35.5.